The van der Waals surface area contributed by atoms with Crippen LogP contribution in [0, 0.1) is 0 Å². The van der Waals surface area contributed by atoms with E-state index in [4.69, 9.17) is 14.6 Å². The molecular weight excluding hydrogens is 314 g/mol. The lowest BCUT2D eigenvalue weighted by Gasteiger charge is -2.22. The molecule has 0 fully saturated rings. The molecule has 1 aromatic carbocycles. The van der Waals surface area contributed by atoms with Gasteiger partial charge in [-0.1, -0.05) is 0 Å². The number of ether oxygens (including phenoxy) is 2. The van der Waals surface area contributed by atoms with Gasteiger partial charge in [0.2, 0.25) is 5.82 Å². The number of aromatic hydroxyl groups is 1. The van der Waals surface area contributed by atoms with Crippen molar-refractivity contribution in [3.05, 3.63) is 42.0 Å². The van der Waals surface area contributed by atoms with Gasteiger partial charge in [-0.15, -0.1) is 0 Å². The maximum atomic E-state index is 12.1. The number of aliphatic hydroxyl groups is 1. The number of hydrogen-bond donors (Lipinski definition) is 3. The van der Waals surface area contributed by atoms with Crippen molar-refractivity contribution in [2.45, 2.75) is 19.1 Å². The predicted octanol–water partition coefficient (Wildman–Crippen LogP) is 1.05. The van der Waals surface area contributed by atoms with Crippen LogP contribution in [0.15, 0.2) is 30.6 Å². The lowest BCUT2D eigenvalue weighted by molar-refractivity contribution is 0.0837. The Morgan fingerprint density at radius 3 is 2.46 bits per heavy atom. The van der Waals surface area contributed by atoms with E-state index in [9.17, 15) is 9.90 Å². The first kappa shape index (κ1) is 17.5. The molecule has 1 heterocycles. The number of aromatic nitrogens is 2. The Morgan fingerprint density at radius 2 is 1.88 bits per heavy atom. The molecule has 128 valence electrons. The average molecular weight is 333 g/mol. The van der Waals surface area contributed by atoms with Gasteiger partial charge in [0.05, 0.1) is 32.7 Å². The van der Waals surface area contributed by atoms with Crippen molar-refractivity contribution in [2.75, 3.05) is 14.2 Å². The van der Waals surface area contributed by atoms with Gasteiger partial charge in [0.15, 0.2) is 5.75 Å². The van der Waals surface area contributed by atoms with Gasteiger partial charge in [-0.3, -0.25) is 4.79 Å². The number of rotatable bonds is 6. The zero-order chi connectivity index (χ0) is 17.7. The largest absolute Gasteiger partial charge is 0.505 e. The smallest absolute Gasteiger partial charge is 0.289 e. The van der Waals surface area contributed by atoms with E-state index >= 15 is 0 Å². The molecule has 0 bridgehead atoms. The SMILES string of the molecule is COc1ccc(OC)c(C(O)C(C)NC(=O)c2ncc(O)cn2)c1. The molecule has 0 aliphatic rings. The van der Waals surface area contributed by atoms with Crippen LogP contribution < -0.4 is 14.8 Å². The number of hydrogen-bond acceptors (Lipinski definition) is 7. The molecule has 0 radical (unpaired) electrons. The van der Waals surface area contributed by atoms with Gasteiger partial charge >= 0.3 is 0 Å². The number of benzene rings is 1. The molecule has 1 amide bonds. The molecule has 0 saturated carbocycles. The van der Waals surface area contributed by atoms with Crippen LogP contribution in [-0.4, -0.2) is 46.3 Å². The van der Waals surface area contributed by atoms with E-state index < -0.39 is 18.1 Å². The standard InChI is InChI=1S/C16H19N3O5/c1-9(19-16(22)15-17-7-10(20)8-18-15)14(21)12-6-11(23-2)4-5-13(12)24-3/h4-9,14,20-21H,1-3H3,(H,19,22). The van der Waals surface area contributed by atoms with E-state index in [0.29, 0.717) is 17.1 Å². The van der Waals surface area contributed by atoms with Gasteiger partial charge in [0, 0.05) is 5.56 Å². The maximum absolute atomic E-state index is 12.1. The molecule has 24 heavy (non-hydrogen) atoms. The summed E-state index contributed by atoms with van der Waals surface area (Å²) in [5.41, 5.74) is 0.483. The molecule has 8 heteroatoms. The Labute approximate surface area is 139 Å². The highest BCUT2D eigenvalue weighted by atomic mass is 16.5. The zero-order valence-electron chi connectivity index (χ0n) is 13.6. The Morgan fingerprint density at radius 1 is 1.21 bits per heavy atom. The second-order valence-electron chi connectivity index (χ2n) is 5.08. The lowest BCUT2D eigenvalue weighted by Crippen LogP contribution is -2.38. The number of aliphatic hydroxyl groups excluding tert-OH is 1. The topological polar surface area (TPSA) is 114 Å². The van der Waals surface area contributed by atoms with Crippen molar-refractivity contribution in [2.24, 2.45) is 0 Å². The van der Waals surface area contributed by atoms with E-state index in [0.717, 1.165) is 12.4 Å². The van der Waals surface area contributed by atoms with Gasteiger partial charge in [-0.2, -0.15) is 0 Å². The first-order chi connectivity index (χ1) is 11.5. The quantitative estimate of drug-likeness (QED) is 0.724. The Bertz CT molecular complexity index is 705. The molecule has 2 rings (SSSR count). The zero-order valence-corrected chi connectivity index (χ0v) is 13.6. The van der Waals surface area contributed by atoms with Gasteiger partial charge in [0.25, 0.3) is 5.91 Å². The fourth-order valence-electron chi connectivity index (χ4n) is 2.13. The van der Waals surface area contributed by atoms with Crippen molar-refractivity contribution < 1.29 is 24.5 Å². The monoisotopic (exact) mass is 333 g/mol. The Balaban J connectivity index is 2.15. The Hall–Kier alpha value is -2.87. The molecule has 8 nitrogen and oxygen atoms in total. The van der Waals surface area contributed by atoms with Crippen molar-refractivity contribution in [3.8, 4) is 17.2 Å². The molecule has 0 saturated heterocycles. The van der Waals surface area contributed by atoms with E-state index in [2.05, 4.69) is 15.3 Å². The van der Waals surface area contributed by atoms with Gasteiger partial charge in [0.1, 0.15) is 17.6 Å². The van der Waals surface area contributed by atoms with Gasteiger partial charge in [-0.25, -0.2) is 9.97 Å². The summed E-state index contributed by atoms with van der Waals surface area (Å²) in [5.74, 6) is 0.226. The number of carbonyl (C=O) groups is 1. The molecule has 1 aromatic heterocycles. The van der Waals surface area contributed by atoms with Crippen molar-refractivity contribution in [1.82, 2.24) is 15.3 Å². The van der Waals surface area contributed by atoms with Crippen LogP contribution >= 0.6 is 0 Å². The van der Waals surface area contributed by atoms with E-state index in [-0.39, 0.29) is 11.6 Å². The second-order valence-corrected chi connectivity index (χ2v) is 5.08. The molecule has 0 spiro atoms. The summed E-state index contributed by atoms with van der Waals surface area (Å²) >= 11 is 0. The molecule has 2 unspecified atom stereocenters. The highest BCUT2D eigenvalue weighted by molar-refractivity contribution is 5.90. The molecule has 0 aliphatic heterocycles. The van der Waals surface area contributed by atoms with Crippen molar-refractivity contribution in [3.63, 3.8) is 0 Å². The van der Waals surface area contributed by atoms with E-state index in [1.807, 2.05) is 0 Å². The number of amides is 1. The molecule has 0 aliphatic carbocycles. The van der Waals surface area contributed by atoms with Gasteiger partial charge < -0.3 is 25.0 Å². The van der Waals surface area contributed by atoms with Gasteiger partial charge in [-0.05, 0) is 25.1 Å². The predicted molar refractivity (Wildman–Crippen MR) is 85.1 cm³/mol. The van der Waals surface area contributed by atoms with Crippen molar-refractivity contribution in [1.29, 1.82) is 0 Å². The van der Waals surface area contributed by atoms with Crippen molar-refractivity contribution >= 4 is 5.91 Å². The van der Waals surface area contributed by atoms with Crippen LogP contribution in [0.25, 0.3) is 0 Å². The molecular formula is C16H19N3O5. The molecule has 3 N–H and O–H groups in total. The van der Waals surface area contributed by atoms with Crippen LogP contribution in [0.2, 0.25) is 0 Å². The summed E-state index contributed by atoms with van der Waals surface area (Å²) in [4.78, 5) is 19.5. The first-order valence-electron chi connectivity index (χ1n) is 7.18. The van der Waals surface area contributed by atoms with Crippen LogP contribution in [0.1, 0.15) is 29.2 Å². The Kier molecular flexibility index (Phi) is 5.54. The fourth-order valence-corrected chi connectivity index (χ4v) is 2.13. The third kappa shape index (κ3) is 3.90. The third-order valence-electron chi connectivity index (χ3n) is 3.43. The van der Waals surface area contributed by atoms with Crippen LogP contribution in [0.5, 0.6) is 17.2 Å². The normalized spacial score (nSPS) is 13.0. The van der Waals surface area contributed by atoms with E-state index in [1.54, 1.807) is 25.1 Å². The van der Waals surface area contributed by atoms with Crippen LogP contribution in [-0.2, 0) is 0 Å². The lowest BCUT2D eigenvalue weighted by atomic mass is 10.0. The highest BCUT2D eigenvalue weighted by Crippen LogP contribution is 2.31. The minimum absolute atomic E-state index is 0.107. The maximum Gasteiger partial charge on any atom is 0.289 e. The number of nitrogens with zero attached hydrogens (tertiary/aromatic N) is 2. The van der Waals surface area contributed by atoms with Crippen LogP contribution in [0.3, 0.4) is 0 Å². The summed E-state index contributed by atoms with van der Waals surface area (Å²) in [7, 11) is 3.01. The van der Waals surface area contributed by atoms with E-state index in [1.165, 1.54) is 14.2 Å². The number of nitrogens with one attached hydrogen (secondary N) is 1. The number of methoxy groups -OCH3 is 2. The third-order valence-corrected chi connectivity index (χ3v) is 3.43. The summed E-state index contributed by atoms with van der Waals surface area (Å²) < 4.78 is 10.4. The summed E-state index contributed by atoms with van der Waals surface area (Å²) in [6.45, 7) is 1.64. The second kappa shape index (κ2) is 7.60. The minimum Gasteiger partial charge on any atom is -0.505 e. The number of carbonyl (C=O) groups excluding carboxylic acids is 1. The summed E-state index contributed by atoms with van der Waals surface area (Å²) in [6, 6.07) is 4.39. The summed E-state index contributed by atoms with van der Waals surface area (Å²) in [5, 5.41) is 22.3. The summed E-state index contributed by atoms with van der Waals surface area (Å²) in [6.07, 6.45) is 1.21. The minimum atomic E-state index is -1.03. The fraction of sp³-hybridized carbons (Fsp3) is 0.312. The molecule has 2 atom stereocenters. The van der Waals surface area contributed by atoms with Crippen LogP contribution in [0.4, 0.5) is 0 Å². The first-order valence-corrected chi connectivity index (χ1v) is 7.18. The highest BCUT2D eigenvalue weighted by Gasteiger charge is 2.23. The average Bonchev–Trinajstić information content (AvgIpc) is 2.60. The molecule has 2 aromatic rings.